The molecule has 2 amide bonds. The van der Waals surface area contributed by atoms with Crippen LogP contribution in [-0.2, 0) is 14.3 Å². The van der Waals surface area contributed by atoms with Crippen LogP contribution < -0.4 is 5.11 Å². The molecular formula is C27H31NO5. The number of carboxylic acids is 1. The number of aliphatic carboxylic acids is 1. The highest BCUT2D eigenvalue weighted by Gasteiger charge is 2.59. The molecule has 1 fully saturated rings. The smallest absolute Gasteiger partial charge is 0.524 e. The number of imide groups is 1. The maximum absolute atomic E-state index is 13.5. The summed E-state index contributed by atoms with van der Waals surface area (Å²) in [7, 11) is 0. The normalized spacial score (nSPS) is 22.0. The van der Waals surface area contributed by atoms with Gasteiger partial charge in [-0.05, 0) is 45.2 Å². The molecule has 0 aromatic heterocycles. The number of rotatable bonds is 6. The van der Waals surface area contributed by atoms with Crippen molar-refractivity contribution < 1.29 is 28.7 Å². The number of carbonyl (C=O) groups is 3. The maximum Gasteiger partial charge on any atom is 0.524 e. The van der Waals surface area contributed by atoms with Gasteiger partial charge in [0.25, 0.3) is 0 Å². The highest BCUT2D eigenvalue weighted by Crippen LogP contribution is 2.36. The zero-order chi connectivity index (χ0) is 24.2. The molecule has 33 heavy (non-hydrogen) atoms. The van der Waals surface area contributed by atoms with Gasteiger partial charge < -0.3 is 14.6 Å². The molecule has 6 nitrogen and oxygen atoms in total. The van der Waals surface area contributed by atoms with Crippen LogP contribution in [0.15, 0.2) is 72.3 Å². The topological polar surface area (TPSA) is 83.5 Å². The van der Waals surface area contributed by atoms with Crippen molar-refractivity contribution in [2.24, 2.45) is 0 Å². The first-order valence-electron chi connectivity index (χ1n) is 11.3. The van der Waals surface area contributed by atoms with Crippen LogP contribution in [0.2, 0.25) is 0 Å². The summed E-state index contributed by atoms with van der Waals surface area (Å²) in [4.78, 5) is 38.6. The summed E-state index contributed by atoms with van der Waals surface area (Å²) in [6.07, 6.45) is 1.36. The van der Waals surface area contributed by atoms with E-state index in [9.17, 15) is 19.5 Å². The third-order valence-corrected chi connectivity index (χ3v) is 6.08. The van der Waals surface area contributed by atoms with Gasteiger partial charge in [0.15, 0.2) is 6.04 Å². The molecule has 3 rings (SSSR count). The number of ether oxygens (including phenoxy) is 1. The fraction of sp³-hybridized carbons (Fsp3) is 0.370. The van der Waals surface area contributed by atoms with Gasteiger partial charge in [0.2, 0.25) is 0 Å². The number of likely N-dealkylation sites (N-methyl/N-ethyl adjacent to an activating group) is 1. The number of quaternary nitrogens is 1. The first-order chi connectivity index (χ1) is 15.6. The van der Waals surface area contributed by atoms with Crippen molar-refractivity contribution in [1.82, 2.24) is 0 Å². The lowest BCUT2D eigenvalue weighted by Crippen LogP contribution is -2.64. The van der Waals surface area contributed by atoms with E-state index in [4.69, 9.17) is 4.74 Å². The van der Waals surface area contributed by atoms with Gasteiger partial charge in [-0.25, -0.2) is 4.79 Å². The second-order valence-electron chi connectivity index (χ2n) is 9.35. The molecule has 2 aromatic rings. The summed E-state index contributed by atoms with van der Waals surface area (Å²) >= 11 is 0. The number of hydrogen-bond acceptors (Lipinski definition) is 5. The molecule has 1 heterocycles. The molecule has 2 atom stereocenters. The highest BCUT2D eigenvalue weighted by atomic mass is 16.6. The fourth-order valence-electron chi connectivity index (χ4n) is 4.43. The third-order valence-electron chi connectivity index (χ3n) is 6.08. The van der Waals surface area contributed by atoms with Crippen LogP contribution in [0, 0.1) is 0 Å². The van der Waals surface area contributed by atoms with Gasteiger partial charge in [-0.15, -0.1) is 4.48 Å². The average molecular weight is 450 g/mol. The van der Waals surface area contributed by atoms with Gasteiger partial charge in [-0.3, -0.25) is 0 Å². The van der Waals surface area contributed by atoms with Gasteiger partial charge in [-0.2, -0.15) is 4.79 Å². The van der Waals surface area contributed by atoms with Crippen LogP contribution in [0.25, 0.3) is 0 Å². The number of carbonyl (C=O) groups excluding carboxylic acids is 3. The second-order valence-corrected chi connectivity index (χ2v) is 9.35. The van der Waals surface area contributed by atoms with Crippen LogP contribution in [0.4, 0.5) is 4.79 Å². The second kappa shape index (κ2) is 9.71. The van der Waals surface area contributed by atoms with E-state index < -0.39 is 34.1 Å². The SMILES string of the molecule is CC[N+]1(C(=O)OC(C)(C)C)C(=O)/C(=C/CC(c2ccccc2)c2ccccc2)C[C@H]1C(=O)[O-]. The van der Waals surface area contributed by atoms with Crippen molar-refractivity contribution in [2.45, 2.75) is 58.1 Å². The van der Waals surface area contributed by atoms with E-state index in [1.807, 2.05) is 60.7 Å². The molecule has 6 heteroatoms. The molecule has 0 N–H and O–H groups in total. The van der Waals surface area contributed by atoms with E-state index in [1.165, 1.54) is 0 Å². The molecule has 0 radical (unpaired) electrons. The number of amides is 2. The Morgan fingerprint density at radius 3 is 2.00 bits per heavy atom. The van der Waals surface area contributed by atoms with Crippen molar-refractivity contribution in [3.8, 4) is 0 Å². The van der Waals surface area contributed by atoms with Gasteiger partial charge in [-0.1, -0.05) is 66.7 Å². The van der Waals surface area contributed by atoms with Gasteiger partial charge >= 0.3 is 12.0 Å². The van der Waals surface area contributed by atoms with Crippen LogP contribution in [0.1, 0.15) is 57.6 Å². The predicted octanol–water partition coefficient (Wildman–Crippen LogP) is 3.96. The Hall–Kier alpha value is -3.25. The summed E-state index contributed by atoms with van der Waals surface area (Å²) in [6.45, 7) is 6.66. The molecule has 0 saturated carbocycles. The Bertz CT molecular complexity index is 1000. The van der Waals surface area contributed by atoms with Crippen LogP contribution in [0.3, 0.4) is 0 Å². The summed E-state index contributed by atoms with van der Waals surface area (Å²) < 4.78 is 4.56. The van der Waals surface area contributed by atoms with E-state index in [2.05, 4.69) is 0 Å². The minimum absolute atomic E-state index is 0.0141. The lowest BCUT2D eigenvalue weighted by atomic mass is 9.88. The van der Waals surface area contributed by atoms with Crippen LogP contribution >= 0.6 is 0 Å². The van der Waals surface area contributed by atoms with E-state index in [0.29, 0.717) is 12.0 Å². The van der Waals surface area contributed by atoms with Crippen molar-refractivity contribution in [2.75, 3.05) is 6.54 Å². The molecule has 2 aromatic carbocycles. The minimum atomic E-state index is -1.43. The van der Waals surface area contributed by atoms with Gasteiger partial charge in [0, 0.05) is 12.3 Å². The molecule has 1 aliphatic rings. The van der Waals surface area contributed by atoms with Crippen molar-refractivity contribution in [1.29, 1.82) is 0 Å². The molecule has 1 aliphatic heterocycles. The summed E-state index contributed by atoms with van der Waals surface area (Å²) in [5.41, 5.74) is 1.65. The Morgan fingerprint density at radius 2 is 1.58 bits per heavy atom. The van der Waals surface area contributed by atoms with Crippen LogP contribution in [0.5, 0.6) is 0 Å². The molecule has 0 aliphatic carbocycles. The molecule has 1 saturated heterocycles. The van der Waals surface area contributed by atoms with Crippen molar-refractivity contribution in [3.63, 3.8) is 0 Å². The highest BCUT2D eigenvalue weighted by molar-refractivity contribution is 5.99. The van der Waals surface area contributed by atoms with Crippen molar-refractivity contribution in [3.05, 3.63) is 83.4 Å². The van der Waals surface area contributed by atoms with E-state index in [-0.39, 0.29) is 18.9 Å². The first kappa shape index (κ1) is 24.4. The lowest BCUT2D eigenvalue weighted by Gasteiger charge is -2.34. The monoisotopic (exact) mass is 449 g/mol. The van der Waals surface area contributed by atoms with Crippen molar-refractivity contribution >= 4 is 18.0 Å². The molecule has 0 spiro atoms. The van der Waals surface area contributed by atoms with E-state index in [1.54, 1.807) is 33.8 Å². The Balaban J connectivity index is 1.98. The summed E-state index contributed by atoms with van der Waals surface area (Å²) in [6, 6.07) is 18.6. The molecule has 1 unspecified atom stereocenters. The zero-order valence-corrected chi connectivity index (χ0v) is 19.6. The average Bonchev–Trinajstić information content (AvgIpc) is 3.07. The molecule has 0 bridgehead atoms. The fourth-order valence-corrected chi connectivity index (χ4v) is 4.43. The van der Waals surface area contributed by atoms with Gasteiger partial charge in [0.05, 0.1) is 12.1 Å². The third kappa shape index (κ3) is 5.06. The number of nitrogens with zero attached hydrogens (tertiary/aromatic N) is 1. The van der Waals surface area contributed by atoms with Gasteiger partial charge in [0.1, 0.15) is 11.6 Å². The maximum atomic E-state index is 13.5. The Morgan fingerprint density at radius 1 is 1.06 bits per heavy atom. The summed E-state index contributed by atoms with van der Waals surface area (Å²) in [5, 5.41) is 12.0. The molecular weight excluding hydrogens is 418 g/mol. The Kier molecular flexibility index (Phi) is 7.18. The zero-order valence-electron chi connectivity index (χ0n) is 19.6. The number of hydrogen-bond donors (Lipinski definition) is 0. The predicted molar refractivity (Wildman–Crippen MR) is 123 cm³/mol. The van der Waals surface area contributed by atoms with Crippen LogP contribution in [-0.4, -0.2) is 40.6 Å². The van der Waals surface area contributed by atoms with E-state index >= 15 is 0 Å². The molecule has 174 valence electrons. The number of allylic oxidation sites excluding steroid dienone is 1. The largest absolute Gasteiger partial charge is 0.544 e. The summed E-state index contributed by atoms with van der Waals surface area (Å²) in [5.74, 6) is -1.97. The number of benzene rings is 2. The number of carboxylic acid groups (broad SMARTS) is 1. The first-order valence-corrected chi connectivity index (χ1v) is 11.3. The number of likely N-dealkylation sites (tertiary alicyclic amines) is 1. The lowest BCUT2D eigenvalue weighted by molar-refractivity contribution is -0.792. The van der Waals surface area contributed by atoms with E-state index in [0.717, 1.165) is 11.1 Å². The standard InChI is InChI=1S/C27H31NO5/c1-5-28(26(32)33-27(2,3)4)23(25(30)31)18-21(24(28)29)16-17-22(19-12-8-6-9-13-19)20-14-10-7-11-15-20/h6-16,22-23H,5,17-18H2,1-4H3/b21-16+/t23-,28?/m0/s1. The quantitative estimate of drug-likeness (QED) is 0.492. The Labute approximate surface area is 195 Å². The minimum Gasteiger partial charge on any atom is -0.544 e.